The standard InChI is InChI=1S/C20H15FN4O4/c1-29-14-8-4-12(5-9-14)23-19(27)16-17(26)15-10-22-25(18(15)24-20(16)28)13-6-2-11(21)3-7-13/h2-10H,1H3,(H,23,27)(H2,24,26,28). The van der Waals surface area contributed by atoms with Gasteiger partial charge < -0.3 is 20.1 Å². The first-order chi connectivity index (χ1) is 14.0. The van der Waals surface area contributed by atoms with Crippen molar-refractivity contribution >= 4 is 22.6 Å². The Labute approximate surface area is 163 Å². The number of halogens is 1. The minimum Gasteiger partial charge on any atom is -0.506 e. The molecule has 0 bridgehead atoms. The van der Waals surface area contributed by atoms with E-state index in [1.165, 1.54) is 42.3 Å². The smallest absolute Gasteiger partial charge is 0.266 e. The number of carbonyl (C=O) groups excluding carboxylic acids is 1. The van der Waals surface area contributed by atoms with Crippen molar-refractivity contribution < 1.29 is 19.0 Å². The SMILES string of the molecule is COc1ccc(NC(=O)c2c(O)c3cnn(-c4ccc(F)cc4)c3[nH]c2=O)cc1. The van der Waals surface area contributed by atoms with E-state index >= 15 is 0 Å². The summed E-state index contributed by atoms with van der Waals surface area (Å²) >= 11 is 0. The molecule has 0 atom stereocenters. The highest BCUT2D eigenvalue weighted by molar-refractivity contribution is 6.08. The molecule has 0 saturated carbocycles. The minimum absolute atomic E-state index is 0.175. The maximum absolute atomic E-state index is 13.2. The highest BCUT2D eigenvalue weighted by atomic mass is 19.1. The molecule has 29 heavy (non-hydrogen) atoms. The number of fused-ring (bicyclic) bond motifs is 1. The summed E-state index contributed by atoms with van der Waals surface area (Å²) in [5.74, 6) is -1.08. The van der Waals surface area contributed by atoms with Gasteiger partial charge in [-0.15, -0.1) is 0 Å². The van der Waals surface area contributed by atoms with Gasteiger partial charge in [0.05, 0.1) is 24.4 Å². The van der Waals surface area contributed by atoms with Gasteiger partial charge in [-0.05, 0) is 48.5 Å². The minimum atomic E-state index is -0.787. The summed E-state index contributed by atoms with van der Waals surface area (Å²) in [7, 11) is 1.52. The zero-order valence-corrected chi connectivity index (χ0v) is 15.1. The molecule has 3 N–H and O–H groups in total. The van der Waals surface area contributed by atoms with Crippen LogP contribution in [0.2, 0.25) is 0 Å². The molecule has 2 heterocycles. The molecule has 8 nitrogen and oxygen atoms in total. The zero-order valence-electron chi connectivity index (χ0n) is 15.1. The van der Waals surface area contributed by atoms with E-state index in [-0.39, 0.29) is 11.0 Å². The third-order valence-corrected chi connectivity index (χ3v) is 4.37. The van der Waals surface area contributed by atoms with Gasteiger partial charge >= 0.3 is 0 Å². The van der Waals surface area contributed by atoms with Crippen LogP contribution in [0.1, 0.15) is 10.4 Å². The summed E-state index contributed by atoms with van der Waals surface area (Å²) in [4.78, 5) is 27.7. The first-order valence-corrected chi connectivity index (χ1v) is 8.52. The molecule has 0 unspecified atom stereocenters. The van der Waals surface area contributed by atoms with Gasteiger partial charge in [-0.3, -0.25) is 9.59 Å². The monoisotopic (exact) mass is 394 g/mol. The number of aromatic amines is 1. The van der Waals surface area contributed by atoms with E-state index < -0.39 is 28.6 Å². The fourth-order valence-electron chi connectivity index (χ4n) is 2.91. The number of nitrogens with zero attached hydrogens (tertiary/aromatic N) is 2. The summed E-state index contributed by atoms with van der Waals surface area (Å²) < 4.78 is 19.5. The third kappa shape index (κ3) is 3.29. The number of anilines is 1. The number of ether oxygens (including phenoxy) is 1. The molecule has 4 aromatic rings. The van der Waals surface area contributed by atoms with E-state index in [1.807, 2.05) is 0 Å². The number of aromatic nitrogens is 3. The van der Waals surface area contributed by atoms with Crippen LogP contribution < -0.4 is 15.6 Å². The second kappa shape index (κ2) is 7.12. The van der Waals surface area contributed by atoms with Crippen molar-refractivity contribution in [3.05, 3.63) is 76.5 Å². The van der Waals surface area contributed by atoms with Crippen molar-refractivity contribution in [2.75, 3.05) is 12.4 Å². The number of benzene rings is 2. The predicted octanol–water partition coefficient (Wildman–Crippen LogP) is 2.82. The highest BCUT2D eigenvalue weighted by Gasteiger charge is 2.22. The number of aromatic hydroxyl groups is 1. The van der Waals surface area contributed by atoms with Crippen LogP contribution in [0.4, 0.5) is 10.1 Å². The first kappa shape index (κ1) is 18.2. The van der Waals surface area contributed by atoms with E-state index in [0.717, 1.165) is 0 Å². The van der Waals surface area contributed by atoms with Crippen LogP contribution in [0.3, 0.4) is 0 Å². The molecule has 0 saturated heterocycles. The Morgan fingerprint density at radius 3 is 2.52 bits per heavy atom. The summed E-state index contributed by atoms with van der Waals surface area (Å²) in [5.41, 5.74) is -0.138. The van der Waals surface area contributed by atoms with Gasteiger partial charge in [0.1, 0.15) is 28.5 Å². The zero-order chi connectivity index (χ0) is 20.5. The molecule has 146 valence electrons. The number of nitrogens with one attached hydrogen (secondary N) is 2. The Hall–Kier alpha value is -4.14. The van der Waals surface area contributed by atoms with E-state index in [4.69, 9.17) is 4.74 Å². The summed E-state index contributed by atoms with van der Waals surface area (Å²) in [6.07, 6.45) is 1.31. The van der Waals surface area contributed by atoms with Gasteiger partial charge in [0.25, 0.3) is 11.5 Å². The quantitative estimate of drug-likeness (QED) is 0.493. The molecule has 0 radical (unpaired) electrons. The molecule has 0 aliphatic rings. The molecule has 2 aromatic heterocycles. The van der Waals surface area contributed by atoms with E-state index in [9.17, 15) is 19.1 Å². The first-order valence-electron chi connectivity index (χ1n) is 8.52. The van der Waals surface area contributed by atoms with Gasteiger partial charge in [0.2, 0.25) is 0 Å². The number of hydrogen-bond acceptors (Lipinski definition) is 5. The van der Waals surface area contributed by atoms with Gasteiger partial charge in [0.15, 0.2) is 0 Å². The largest absolute Gasteiger partial charge is 0.506 e. The molecule has 4 rings (SSSR count). The lowest BCUT2D eigenvalue weighted by atomic mass is 10.2. The number of hydrogen-bond donors (Lipinski definition) is 3. The Bertz CT molecular complexity index is 1260. The van der Waals surface area contributed by atoms with Gasteiger partial charge in [0, 0.05) is 5.69 Å². The number of amides is 1. The lowest BCUT2D eigenvalue weighted by molar-refractivity contribution is 0.102. The van der Waals surface area contributed by atoms with Crippen LogP contribution >= 0.6 is 0 Å². The Morgan fingerprint density at radius 1 is 1.17 bits per heavy atom. The van der Waals surface area contributed by atoms with Crippen LogP contribution in [-0.2, 0) is 0 Å². The summed E-state index contributed by atoms with van der Waals surface area (Å²) in [6, 6.07) is 11.9. The topological polar surface area (TPSA) is 109 Å². The van der Waals surface area contributed by atoms with Crippen molar-refractivity contribution in [1.82, 2.24) is 14.8 Å². The average molecular weight is 394 g/mol. The lowest BCUT2D eigenvalue weighted by Crippen LogP contribution is -2.23. The number of carbonyl (C=O) groups is 1. The molecule has 2 aromatic carbocycles. The van der Waals surface area contributed by atoms with E-state index in [0.29, 0.717) is 17.1 Å². The van der Waals surface area contributed by atoms with Gasteiger partial charge in [-0.2, -0.15) is 5.10 Å². The summed E-state index contributed by atoms with van der Waals surface area (Å²) in [6.45, 7) is 0. The normalized spacial score (nSPS) is 10.8. The number of rotatable bonds is 4. The van der Waals surface area contributed by atoms with Crippen LogP contribution in [0, 0.1) is 5.82 Å². The molecule has 1 amide bonds. The van der Waals surface area contributed by atoms with E-state index in [1.54, 1.807) is 24.3 Å². The molecule has 0 fully saturated rings. The van der Waals surface area contributed by atoms with Gasteiger partial charge in [-0.25, -0.2) is 9.07 Å². The van der Waals surface area contributed by atoms with Crippen LogP contribution in [0.15, 0.2) is 59.5 Å². The van der Waals surface area contributed by atoms with Crippen molar-refractivity contribution in [2.45, 2.75) is 0 Å². The van der Waals surface area contributed by atoms with Crippen molar-refractivity contribution in [1.29, 1.82) is 0 Å². The Morgan fingerprint density at radius 2 is 1.86 bits per heavy atom. The Kier molecular flexibility index (Phi) is 4.47. The van der Waals surface area contributed by atoms with Crippen LogP contribution in [0.25, 0.3) is 16.7 Å². The fourth-order valence-corrected chi connectivity index (χ4v) is 2.91. The predicted molar refractivity (Wildman–Crippen MR) is 104 cm³/mol. The van der Waals surface area contributed by atoms with Crippen molar-refractivity contribution in [3.63, 3.8) is 0 Å². The second-order valence-electron chi connectivity index (χ2n) is 6.16. The van der Waals surface area contributed by atoms with Crippen LogP contribution in [-0.4, -0.2) is 32.9 Å². The third-order valence-electron chi connectivity index (χ3n) is 4.37. The molecule has 9 heteroatoms. The van der Waals surface area contributed by atoms with Gasteiger partial charge in [-0.1, -0.05) is 0 Å². The number of H-pyrrole nitrogens is 1. The Balaban J connectivity index is 1.73. The average Bonchev–Trinajstić information content (AvgIpc) is 3.13. The van der Waals surface area contributed by atoms with Crippen LogP contribution in [0.5, 0.6) is 11.5 Å². The maximum atomic E-state index is 13.2. The number of methoxy groups -OCH3 is 1. The fraction of sp³-hybridized carbons (Fsp3) is 0.0500. The molecule has 0 spiro atoms. The molecular formula is C20H15FN4O4. The maximum Gasteiger partial charge on any atom is 0.266 e. The molecule has 0 aliphatic heterocycles. The van der Waals surface area contributed by atoms with Crippen molar-refractivity contribution in [3.8, 4) is 17.2 Å². The molecule has 0 aliphatic carbocycles. The van der Waals surface area contributed by atoms with E-state index in [2.05, 4.69) is 15.4 Å². The summed E-state index contributed by atoms with van der Waals surface area (Å²) in [5, 5.41) is 17.4. The molecular weight excluding hydrogens is 379 g/mol. The highest BCUT2D eigenvalue weighted by Crippen LogP contribution is 2.27. The van der Waals surface area contributed by atoms with Crippen molar-refractivity contribution in [2.24, 2.45) is 0 Å². The lowest BCUT2D eigenvalue weighted by Gasteiger charge is -2.08. The second-order valence-corrected chi connectivity index (χ2v) is 6.16. The number of pyridine rings is 1.